The number of esters is 1. The molecule has 30 heavy (non-hydrogen) atoms. The molecule has 0 unspecified atom stereocenters. The van der Waals surface area contributed by atoms with E-state index in [0.29, 0.717) is 32.7 Å². The minimum Gasteiger partial charge on any atom is -0.478 e. The Kier molecular flexibility index (Phi) is 7.33. The molecule has 1 amide bonds. The second-order valence-corrected chi connectivity index (χ2v) is 7.78. The lowest BCUT2D eigenvalue weighted by atomic mass is 10.1. The topological polar surface area (TPSA) is 140 Å². The molecule has 1 N–H and O–H groups in total. The maximum atomic E-state index is 12.2. The number of hydrogen-bond donors (Lipinski definition) is 1. The Bertz CT molecular complexity index is 793. The van der Waals surface area contributed by atoms with Crippen LogP contribution in [0.3, 0.4) is 0 Å². The summed E-state index contributed by atoms with van der Waals surface area (Å²) in [5.41, 5.74) is -1.62. The summed E-state index contributed by atoms with van der Waals surface area (Å²) < 4.78 is 10.5. The smallest absolute Gasteiger partial charge is 0.410 e. The van der Waals surface area contributed by atoms with Gasteiger partial charge in [-0.3, -0.25) is 15.0 Å². The molecule has 1 aromatic rings. The summed E-state index contributed by atoms with van der Waals surface area (Å²) in [4.78, 5) is 49.1. The van der Waals surface area contributed by atoms with Crippen molar-refractivity contribution in [3.8, 4) is 0 Å². The number of nitro benzene ring substituents is 1. The highest BCUT2D eigenvalue weighted by molar-refractivity contribution is 5.95. The molecule has 0 atom stereocenters. The van der Waals surface area contributed by atoms with E-state index in [0.717, 1.165) is 18.2 Å². The molecule has 0 aromatic heterocycles. The monoisotopic (exact) mass is 423 g/mol. The lowest BCUT2D eigenvalue weighted by molar-refractivity contribution is -0.384. The average Bonchev–Trinajstić information content (AvgIpc) is 2.66. The second kappa shape index (κ2) is 9.53. The lowest BCUT2D eigenvalue weighted by Gasteiger charge is -2.35. The number of hydrogen-bond acceptors (Lipinski definition) is 8. The van der Waals surface area contributed by atoms with Crippen molar-refractivity contribution in [2.45, 2.75) is 26.4 Å². The van der Waals surface area contributed by atoms with Crippen LogP contribution in [0.15, 0.2) is 18.2 Å². The van der Waals surface area contributed by atoms with E-state index in [1.54, 1.807) is 25.7 Å². The normalized spacial score (nSPS) is 14.8. The number of amides is 1. The molecule has 0 radical (unpaired) electrons. The maximum absolute atomic E-state index is 12.2. The van der Waals surface area contributed by atoms with E-state index in [4.69, 9.17) is 14.6 Å². The number of aromatic carboxylic acids is 1. The van der Waals surface area contributed by atoms with Crippen LogP contribution in [0.2, 0.25) is 0 Å². The Morgan fingerprint density at radius 1 is 1.10 bits per heavy atom. The van der Waals surface area contributed by atoms with Crippen LogP contribution in [0.25, 0.3) is 0 Å². The lowest BCUT2D eigenvalue weighted by Crippen LogP contribution is -2.50. The number of nitro groups is 1. The van der Waals surface area contributed by atoms with Gasteiger partial charge in [0.05, 0.1) is 16.1 Å². The molecule has 11 nitrogen and oxygen atoms in total. The molecule has 1 saturated heterocycles. The number of non-ortho nitro benzene ring substituents is 1. The maximum Gasteiger partial charge on any atom is 0.410 e. The number of carbonyl (C=O) groups excluding carboxylic acids is 2. The minimum absolute atomic E-state index is 0.0242. The van der Waals surface area contributed by atoms with Crippen LogP contribution in [0, 0.1) is 10.1 Å². The van der Waals surface area contributed by atoms with Crippen LogP contribution in [0.1, 0.15) is 41.5 Å². The largest absolute Gasteiger partial charge is 0.478 e. The Balaban J connectivity index is 1.84. The first-order valence-electron chi connectivity index (χ1n) is 9.36. The second-order valence-electron chi connectivity index (χ2n) is 7.78. The van der Waals surface area contributed by atoms with E-state index in [9.17, 15) is 24.5 Å². The molecule has 1 aromatic carbocycles. The van der Waals surface area contributed by atoms with E-state index in [1.807, 2.05) is 4.90 Å². The minimum atomic E-state index is -1.38. The highest BCUT2D eigenvalue weighted by Gasteiger charge is 2.26. The van der Waals surface area contributed by atoms with Crippen molar-refractivity contribution in [1.29, 1.82) is 0 Å². The highest BCUT2D eigenvalue weighted by Crippen LogP contribution is 2.18. The number of rotatable bonds is 6. The molecule has 1 aliphatic rings. The number of carboxylic acids is 1. The first-order valence-corrected chi connectivity index (χ1v) is 9.36. The van der Waals surface area contributed by atoms with Gasteiger partial charge in [0.25, 0.3) is 5.69 Å². The standard InChI is InChI=1S/C19H25N3O8/c1-19(2,3)30-18(26)21-6-4-20(5-7-21)8-9-29-17(25)14-10-13(16(23)24)11-15(12-14)22(27)28/h10-12H,4-9H2,1-3H3,(H,23,24). The van der Waals surface area contributed by atoms with E-state index in [2.05, 4.69) is 0 Å². The first-order chi connectivity index (χ1) is 14.0. The van der Waals surface area contributed by atoms with Gasteiger partial charge in [0.1, 0.15) is 12.2 Å². The van der Waals surface area contributed by atoms with E-state index < -0.39 is 28.2 Å². The summed E-state index contributed by atoms with van der Waals surface area (Å²) >= 11 is 0. The Hall–Kier alpha value is -3.21. The van der Waals surface area contributed by atoms with Crippen molar-refractivity contribution < 1.29 is 33.9 Å². The molecule has 0 bridgehead atoms. The number of nitrogens with zero attached hydrogens (tertiary/aromatic N) is 3. The summed E-state index contributed by atoms with van der Waals surface area (Å²) in [6.45, 7) is 7.97. The third-order valence-corrected chi connectivity index (χ3v) is 4.28. The zero-order valence-corrected chi connectivity index (χ0v) is 17.1. The molecule has 11 heteroatoms. The number of carboxylic acid groups (broad SMARTS) is 1. The van der Waals surface area contributed by atoms with Gasteiger partial charge in [-0.2, -0.15) is 0 Å². The fraction of sp³-hybridized carbons (Fsp3) is 0.526. The Labute approximate surface area is 173 Å². The van der Waals surface area contributed by atoms with Crippen LogP contribution in [0.4, 0.5) is 10.5 Å². The molecule has 1 heterocycles. The third kappa shape index (κ3) is 6.69. The van der Waals surface area contributed by atoms with Gasteiger partial charge in [0.2, 0.25) is 0 Å². The van der Waals surface area contributed by atoms with Crippen LogP contribution in [0.5, 0.6) is 0 Å². The van der Waals surface area contributed by atoms with Gasteiger partial charge in [-0.25, -0.2) is 14.4 Å². The summed E-state index contributed by atoms with van der Waals surface area (Å²) in [6.07, 6.45) is -0.367. The van der Waals surface area contributed by atoms with Crippen molar-refractivity contribution >= 4 is 23.7 Å². The fourth-order valence-corrected chi connectivity index (χ4v) is 2.79. The van der Waals surface area contributed by atoms with Gasteiger partial charge >= 0.3 is 18.0 Å². The SMILES string of the molecule is CC(C)(C)OC(=O)N1CCN(CCOC(=O)c2cc(C(=O)O)cc([N+](=O)[O-])c2)CC1. The summed E-state index contributed by atoms with van der Waals surface area (Å²) in [6, 6.07) is 2.90. The van der Waals surface area contributed by atoms with Crippen LogP contribution in [-0.4, -0.2) is 82.8 Å². The van der Waals surface area contributed by atoms with Gasteiger partial charge in [0, 0.05) is 44.9 Å². The van der Waals surface area contributed by atoms with E-state index in [-0.39, 0.29) is 23.8 Å². The first kappa shape index (κ1) is 23.1. The molecular formula is C19H25N3O8. The average molecular weight is 423 g/mol. The van der Waals surface area contributed by atoms with Gasteiger partial charge in [0.15, 0.2) is 0 Å². The predicted molar refractivity (Wildman–Crippen MR) is 105 cm³/mol. The fourth-order valence-electron chi connectivity index (χ4n) is 2.79. The zero-order chi connectivity index (χ0) is 22.5. The number of carbonyl (C=O) groups is 3. The summed E-state index contributed by atoms with van der Waals surface area (Å²) in [5, 5.41) is 20.0. The van der Waals surface area contributed by atoms with E-state index >= 15 is 0 Å². The van der Waals surface area contributed by atoms with E-state index in [1.165, 1.54) is 0 Å². The molecule has 1 fully saturated rings. The zero-order valence-electron chi connectivity index (χ0n) is 17.1. The van der Waals surface area contributed by atoms with Crippen molar-refractivity contribution in [2.24, 2.45) is 0 Å². The predicted octanol–water partition coefficient (Wildman–Crippen LogP) is 2.00. The van der Waals surface area contributed by atoms with Gasteiger partial charge in [-0.05, 0) is 26.8 Å². The molecule has 0 aliphatic carbocycles. The summed E-state index contributed by atoms with van der Waals surface area (Å²) in [7, 11) is 0. The molecular weight excluding hydrogens is 398 g/mol. The molecule has 0 spiro atoms. The van der Waals surface area contributed by atoms with Crippen LogP contribution < -0.4 is 0 Å². The summed E-state index contributed by atoms with van der Waals surface area (Å²) in [5.74, 6) is -2.22. The highest BCUT2D eigenvalue weighted by atomic mass is 16.6. The van der Waals surface area contributed by atoms with Gasteiger partial charge < -0.3 is 19.5 Å². The number of benzene rings is 1. The number of piperazine rings is 1. The molecule has 0 saturated carbocycles. The van der Waals surface area contributed by atoms with Crippen molar-refractivity contribution in [1.82, 2.24) is 9.80 Å². The molecule has 164 valence electrons. The third-order valence-electron chi connectivity index (χ3n) is 4.28. The van der Waals surface area contributed by atoms with Crippen LogP contribution in [-0.2, 0) is 9.47 Å². The van der Waals surface area contributed by atoms with Crippen molar-refractivity contribution in [3.05, 3.63) is 39.4 Å². The quantitative estimate of drug-likeness (QED) is 0.413. The van der Waals surface area contributed by atoms with Gasteiger partial charge in [-0.1, -0.05) is 0 Å². The number of ether oxygens (including phenoxy) is 2. The van der Waals surface area contributed by atoms with Crippen molar-refractivity contribution in [3.63, 3.8) is 0 Å². The molecule has 1 aliphatic heterocycles. The molecule has 2 rings (SSSR count). The van der Waals surface area contributed by atoms with Crippen LogP contribution >= 0.6 is 0 Å². The van der Waals surface area contributed by atoms with Gasteiger partial charge in [-0.15, -0.1) is 0 Å². The van der Waals surface area contributed by atoms with Crippen molar-refractivity contribution in [2.75, 3.05) is 39.3 Å². The Morgan fingerprint density at radius 2 is 1.70 bits per heavy atom. The Morgan fingerprint density at radius 3 is 2.23 bits per heavy atom.